The van der Waals surface area contributed by atoms with Crippen molar-refractivity contribution in [1.82, 2.24) is 15.6 Å². The molecule has 156 valence electrons. The zero-order valence-electron chi connectivity index (χ0n) is 16.4. The van der Waals surface area contributed by atoms with E-state index in [9.17, 15) is 9.90 Å². The van der Waals surface area contributed by atoms with Gasteiger partial charge in [-0.1, -0.05) is 29.5 Å². The smallest absolute Gasteiger partial charge is 0.337 e. The summed E-state index contributed by atoms with van der Waals surface area (Å²) in [6, 6.07) is 12.1. The zero-order valence-corrected chi connectivity index (χ0v) is 18.0. The Morgan fingerprint density at radius 3 is 2.97 bits per heavy atom. The Morgan fingerprint density at radius 2 is 2.23 bits per heavy atom. The highest BCUT2D eigenvalue weighted by atomic mass is 35.5. The number of rotatable bonds is 8. The maximum Gasteiger partial charge on any atom is 0.337 e. The average molecular weight is 446 g/mol. The molecule has 10 heteroatoms. The van der Waals surface area contributed by atoms with E-state index in [4.69, 9.17) is 16.3 Å². The van der Waals surface area contributed by atoms with E-state index >= 15 is 0 Å². The third-order valence-electron chi connectivity index (χ3n) is 3.98. The molecular weight excluding hydrogens is 426 g/mol. The number of aromatic nitrogens is 3. The maximum absolute atomic E-state index is 12.1. The minimum absolute atomic E-state index is 0.126. The Morgan fingerprint density at radius 1 is 1.40 bits per heavy atom. The summed E-state index contributed by atoms with van der Waals surface area (Å²) in [7, 11) is 1.85. The van der Waals surface area contributed by atoms with Crippen molar-refractivity contribution in [3.8, 4) is 22.9 Å². The van der Waals surface area contributed by atoms with Gasteiger partial charge in [0.1, 0.15) is 5.75 Å². The summed E-state index contributed by atoms with van der Waals surface area (Å²) in [4.78, 5) is 12.1. The van der Waals surface area contributed by atoms with Gasteiger partial charge in [0.25, 0.3) is 11.7 Å². The molecule has 0 spiro atoms. The molecular formula is C20H20ClN5O3S. The first-order valence-electron chi connectivity index (χ1n) is 9.07. The van der Waals surface area contributed by atoms with Crippen LogP contribution in [0, 0.1) is 0 Å². The van der Waals surface area contributed by atoms with Gasteiger partial charge in [-0.25, -0.2) is 9.99 Å². The van der Waals surface area contributed by atoms with Gasteiger partial charge < -0.3 is 9.84 Å². The molecule has 1 heterocycles. The van der Waals surface area contributed by atoms with Crippen molar-refractivity contribution in [3.63, 3.8) is 0 Å². The van der Waals surface area contributed by atoms with Crippen LogP contribution in [-0.4, -0.2) is 34.7 Å². The van der Waals surface area contributed by atoms with Gasteiger partial charge in [-0.2, -0.15) is 5.10 Å². The average Bonchev–Trinajstić information content (AvgIpc) is 3.09. The van der Waals surface area contributed by atoms with Crippen LogP contribution in [-0.2, 0) is 11.8 Å². The van der Waals surface area contributed by atoms with E-state index in [1.165, 1.54) is 24.0 Å². The molecule has 0 bridgehead atoms. The monoisotopic (exact) mass is 445 g/mol. The van der Waals surface area contributed by atoms with Crippen LogP contribution in [0.15, 0.2) is 52.7 Å². The second kappa shape index (κ2) is 10.1. The Balaban J connectivity index is 1.54. The summed E-state index contributed by atoms with van der Waals surface area (Å²) in [6.07, 6.45) is 1.41. The number of hydrazone groups is 1. The molecule has 0 unspecified atom stereocenters. The van der Waals surface area contributed by atoms with Gasteiger partial charge in [0.2, 0.25) is 0 Å². The first-order valence-corrected chi connectivity index (χ1v) is 10.4. The van der Waals surface area contributed by atoms with Crippen LogP contribution in [0.4, 0.5) is 0 Å². The van der Waals surface area contributed by atoms with Crippen molar-refractivity contribution in [2.24, 2.45) is 12.1 Å². The Kier molecular flexibility index (Phi) is 7.31. The van der Waals surface area contributed by atoms with Crippen LogP contribution in [0.2, 0.25) is 5.02 Å². The fourth-order valence-corrected chi connectivity index (χ4v) is 3.50. The fourth-order valence-electron chi connectivity index (χ4n) is 2.59. The van der Waals surface area contributed by atoms with E-state index in [0.717, 1.165) is 11.4 Å². The van der Waals surface area contributed by atoms with Gasteiger partial charge in [0.15, 0.2) is 0 Å². The lowest BCUT2D eigenvalue weighted by molar-refractivity contribution is -0.698. The largest absolute Gasteiger partial charge is 0.870 e. The normalized spacial score (nSPS) is 11.0. The first-order chi connectivity index (χ1) is 14.5. The number of hydrogen-bond acceptors (Lipinski definition) is 6. The van der Waals surface area contributed by atoms with Crippen LogP contribution in [0.1, 0.15) is 12.5 Å². The molecule has 1 aromatic heterocycles. The minimum Gasteiger partial charge on any atom is -0.870 e. The molecule has 3 rings (SSSR count). The summed E-state index contributed by atoms with van der Waals surface area (Å²) in [5, 5.41) is 24.2. The maximum atomic E-state index is 12.1. The first kappa shape index (κ1) is 21.7. The number of halogens is 1. The van der Waals surface area contributed by atoms with Crippen molar-refractivity contribution in [2.75, 3.05) is 12.4 Å². The van der Waals surface area contributed by atoms with Gasteiger partial charge in [0, 0.05) is 5.02 Å². The fraction of sp³-hybridized carbons (Fsp3) is 0.200. The number of amides is 1. The summed E-state index contributed by atoms with van der Waals surface area (Å²) in [6.45, 7) is 2.23. The third kappa shape index (κ3) is 5.52. The van der Waals surface area contributed by atoms with Crippen molar-refractivity contribution >= 4 is 35.5 Å². The molecule has 2 aromatic carbocycles. The lowest BCUT2D eigenvalue weighted by Gasteiger charge is -2.13. The summed E-state index contributed by atoms with van der Waals surface area (Å²) < 4.78 is 7.06. The highest BCUT2D eigenvalue weighted by molar-refractivity contribution is 7.99. The molecule has 0 fully saturated rings. The van der Waals surface area contributed by atoms with Crippen molar-refractivity contribution in [1.29, 1.82) is 0 Å². The summed E-state index contributed by atoms with van der Waals surface area (Å²) in [5.41, 5.74) is 3.90. The molecule has 2 N–H and O–H groups in total. The van der Waals surface area contributed by atoms with Gasteiger partial charge in [-0.3, -0.25) is 4.79 Å². The van der Waals surface area contributed by atoms with E-state index in [0.29, 0.717) is 28.1 Å². The van der Waals surface area contributed by atoms with E-state index in [1.807, 2.05) is 36.7 Å². The molecule has 0 aliphatic heterocycles. The van der Waals surface area contributed by atoms with Crippen molar-refractivity contribution in [3.05, 3.63) is 53.1 Å². The summed E-state index contributed by atoms with van der Waals surface area (Å²) in [5.74, 6) is 0.670. The number of hydrogen-bond donors (Lipinski definition) is 2. The van der Waals surface area contributed by atoms with Gasteiger partial charge in [0.05, 0.1) is 36.3 Å². The molecule has 3 aromatic rings. The number of aromatic amines is 1. The lowest BCUT2D eigenvalue weighted by Crippen LogP contribution is -2.32. The third-order valence-corrected chi connectivity index (χ3v) is 5.25. The predicted molar refractivity (Wildman–Crippen MR) is 114 cm³/mol. The number of nitrogens with one attached hydrogen (secondary N) is 2. The Bertz CT molecular complexity index is 1070. The van der Waals surface area contributed by atoms with Crippen LogP contribution >= 0.6 is 23.4 Å². The second-order valence-corrected chi connectivity index (χ2v) is 7.52. The standard InChI is InChI=1S/C20H20ClN5O3S/c1-3-29-17-8-7-13(9-16(17)27)11-22-23-18(28)12-30-20-25-24-19(26(20)2)14-5-4-6-15(21)10-14/h4-11H,3,12H2,1-2H3,(H2,23,27,28)/b22-11+. The predicted octanol–water partition coefficient (Wildman–Crippen LogP) is 2.27. The van der Waals surface area contributed by atoms with Gasteiger partial charge >= 0.3 is 5.16 Å². The Hall–Kier alpha value is -3.04. The lowest BCUT2D eigenvalue weighted by atomic mass is 10.2. The molecule has 0 atom stereocenters. The van der Waals surface area contributed by atoms with E-state index < -0.39 is 0 Å². The van der Waals surface area contributed by atoms with E-state index in [-0.39, 0.29) is 17.4 Å². The van der Waals surface area contributed by atoms with Crippen LogP contribution in [0.3, 0.4) is 0 Å². The van der Waals surface area contributed by atoms with Gasteiger partial charge in [-0.05, 0) is 54.6 Å². The summed E-state index contributed by atoms with van der Waals surface area (Å²) >= 11 is 7.31. The number of carbonyl (C=O) groups is 1. The van der Waals surface area contributed by atoms with Crippen LogP contribution in [0.25, 0.3) is 11.4 Å². The molecule has 8 nitrogen and oxygen atoms in total. The number of benzene rings is 2. The molecule has 0 aliphatic rings. The van der Waals surface area contributed by atoms with Crippen molar-refractivity contribution in [2.45, 2.75) is 12.1 Å². The highest BCUT2D eigenvalue weighted by Gasteiger charge is 2.20. The molecule has 0 saturated carbocycles. The second-order valence-electron chi connectivity index (χ2n) is 6.15. The molecule has 0 aliphatic carbocycles. The topological polar surface area (TPSA) is 106 Å². The zero-order chi connectivity index (χ0) is 21.5. The molecule has 0 saturated heterocycles. The number of H-pyrrole nitrogens is 1. The highest BCUT2D eigenvalue weighted by Crippen LogP contribution is 2.23. The van der Waals surface area contributed by atoms with E-state index in [2.05, 4.69) is 20.7 Å². The van der Waals surface area contributed by atoms with Crippen LogP contribution in [0.5, 0.6) is 11.5 Å². The number of carbonyl (C=O) groups excluding carboxylic acids is 1. The molecule has 1 amide bonds. The minimum atomic E-state index is -0.295. The number of ether oxygens (including phenoxy) is 1. The SMILES string of the molecule is CCOc1ccc(/C=N/NC(=O)CSc2n[nH]c(-c3cccc(Cl)c3)[n+]2C)cc1[O-]. The Labute approximate surface area is 182 Å². The van der Waals surface area contributed by atoms with Crippen LogP contribution < -0.4 is 19.8 Å². The van der Waals surface area contributed by atoms with Gasteiger partial charge in [-0.15, -0.1) is 5.10 Å². The van der Waals surface area contributed by atoms with Crippen molar-refractivity contribution < 1.29 is 19.2 Å². The number of nitrogens with zero attached hydrogens (tertiary/aromatic N) is 3. The number of thioether (sulfide) groups is 1. The molecule has 0 radical (unpaired) electrons. The molecule has 30 heavy (non-hydrogen) atoms. The quantitative estimate of drug-likeness (QED) is 0.239. The van der Waals surface area contributed by atoms with E-state index in [1.54, 1.807) is 18.2 Å².